The Labute approximate surface area is 155 Å². The van der Waals surface area contributed by atoms with Crippen molar-refractivity contribution in [3.05, 3.63) is 53.6 Å². The Balaban J connectivity index is 1.84. The summed E-state index contributed by atoms with van der Waals surface area (Å²) in [4.78, 5) is 0.259. The summed E-state index contributed by atoms with van der Waals surface area (Å²) < 4.78 is 38.7. The van der Waals surface area contributed by atoms with Crippen molar-refractivity contribution in [2.24, 2.45) is 0 Å². The zero-order valence-electron chi connectivity index (χ0n) is 15.4. The Morgan fingerprint density at radius 3 is 2.54 bits per heavy atom. The van der Waals surface area contributed by atoms with Crippen LogP contribution in [0.5, 0.6) is 11.5 Å². The van der Waals surface area contributed by atoms with Crippen LogP contribution in [-0.2, 0) is 10.0 Å². The second-order valence-electron chi connectivity index (χ2n) is 6.51. The van der Waals surface area contributed by atoms with Crippen LogP contribution in [-0.4, -0.2) is 39.5 Å². The smallest absolute Gasteiger partial charge is 0.246 e. The molecule has 1 unspecified atom stereocenters. The van der Waals surface area contributed by atoms with Gasteiger partial charge in [0.1, 0.15) is 16.4 Å². The molecule has 0 spiro atoms. The zero-order chi connectivity index (χ0) is 18.7. The van der Waals surface area contributed by atoms with Gasteiger partial charge in [-0.15, -0.1) is 0 Å². The highest BCUT2D eigenvalue weighted by Crippen LogP contribution is 2.35. The average Bonchev–Trinajstić information content (AvgIpc) is 3.14. The topological polar surface area (TPSA) is 55.8 Å². The third-order valence-electron chi connectivity index (χ3n) is 4.76. The predicted octanol–water partition coefficient (Wildman–Crippen LogP) is 3.58. The van der Waals surface area contributed by atoms with Crippen molar-refractivity contribution in [2.75, 3.05) is 26.8 Å². The summed E-state index contributed by atoms with van der Waals surface area (Å²) >= 11 is 0. The standard InChI is InChI=1S/C20H25NO4S/c1-4-25-19-10-5-15(2)13-20(19)26(22,23)21-12-11-17(14-21)16-6-8-18(24-3)9-7-16/h5-10,13,17H,4,11-12,14H2,1-3H3. The SMILES string of the molecule is CCOc1ccc(C)cc1S(=O)(=O)N1CCC(c2ccc(OC)cc2)C1. The van der Waals surface area contributed by atoms with E-state index < -0.39 is 10.0 Å². The number of benzene rings is 2. The van der Waals surface area contributed by atoms with E-state index in [1.807, 2.05) is 44.2 Å². The van der Waals surface area contributed by atoms with Crippen molar-refractivity contribution < 1.29 is 17.9 Å². The number of hydrogen-bond donors (Lipinski definition) is 0. The van der Waals surface area contributed by atoms with Gasteiger partial charge in [0, 0.05) is 13.1 Å². The van der Waals surface area contributed by atoms with E-state index >= 15 is 0 Å². The molecule has 1 fully saturated rings. The monoisotopic (exact) mass is 375 g/mol. The quantitative estimate of drug-likeness (QED) is 0.774. The predicted molar refractivity (Wildman–Crippen MR) is 101 cm³/mol. The summed E-state index contributed by atoms with van der Waals surface area (Å²) in [6, 6.07) is 13.2. The molecule has 0 amide bonds. The zero-order valence-corrected chi connectivity index (χ0v) is 16.3. The Morgan fingerprint density at radius 1 is 1.15 bits per heavy atom. The largest absolute Gasteiger partial charge is 0.497 e. The molecule has 5 nitrogen and oxygen atoms in total. The summed E-state index contributed by atoms with van der Waals surface area (Å²) in [5.41, 5.74) is 2.04. The molecule has 0 bridgehead atoms. The number of ether oxygens (including phenoxy) is 2. The van der Waals surface area contributed by atoms with E-state index in [-0.39, 0.29) is 10.8 Å². The maximum absolute atomic E-state index is 13.2. The van der Waals surface area contributed by atoms with E-state index in [0.29, 0.717) is 25.4 Å². The fraction of sp³-hybridized carbons (Fsp3) is 0.400. The van der Waals surface area contributed by atoms with E-state index in [9.17, 15) is 8.42 Å². The van der Waals surface area contributed by atoms with Gasteiger partial charge < -0.3 is 9.47 Å². The normalized spacial score (nSPS) is 18.0. The minimum atomic E-state index is -3.58. The summed E-state index contributed by atoms with van der Waals surface area (Å²) in [6.07, 6.45) is 0.807. The molecule has 0 aromatic heterocycles. The summed E-state index contributed by atoms with van der Waals surface area (Å²) in [7, 11) is -1.95. The van der Waals surface area contributed by atoms with Gasteiger partial charge in [0.15, 0.2) is 0 Å². The molecule has 1 atom stereocenters. The third-order valence-corrected chi connectivity index (χ3v) is 6.64. The molecule has 26 heavy (non-hydrogen) atoms. The van der Waals surface area contributed by atoms with Crippen molar-refractivity contribution in [2.45, 2.75) is 31.1 Å². The van der Waals surface area contributed by atoms with Gasteiger partial charge in [0.05, 0.1) is 13.7 Å². The molecular formula is C20H25NO4S. The van der Waals surface area contributed by atoms with Crippen LogP contribution in [0.4, 0.5) is 0 Å². The van der Waals surface area contributed by atoms with Crippen LogP contribution in [0.2, 0.25) is 0 Å². The molecule has 0 N–H and O–H groups in total. The number of hydrogen-bond acceptors (Lipinski definition) is 4. The first-order chi connectivity index (χ1) is 12.5. The van der Waals surface area contributed by atoms with Crippen molar-refractivity contribution in [3.8, 4) is 11.5 Å². The molecule has 3 rings (SSSR count). The highest BCUT2D eigenvalue weighted by atomic mass is 32.2. The highest BCUT2D eigenvalue weighted by Gasteiger charge is 2.35. The van der Waals surface area contributed by atoms with Crippen LogP contribution in [0.3, 0.4) is 0 Å². The molecular weight excluding hydrogens is 350 g/mol. The highest BCUT2D eigenvalue weighted by molar-refractivity contribution is 7.89. The molecule has 140 valence electrons. The molecule has 1 heterocycles. The van der Waals surface area contributed by atoms with Gasteiger partial charge in [-0.05, 0) is 61.6 Å². The van der Waals surface area contributed by atoms with Crippen LogP contribution in [0.15, 0.2) is 47.4 Å². The summed E-state index contributed by atoms with van der Waals surface area (Å²) in [5, 5.41) is 0. The Kier molecular flexibility index (Phi) is 5.53. The number of aryl methyl sites for hydroxylation is 1. The molecule has 1 saturated heterocycles. The minimum absolute atomic E-state index is 0.191. The maximum Gasteiger partial charge on any atom is 0.246 e. The molecule has 2 aromatic carbocycles. The lowest BCUT2D eigenvalue weighted by atomic mass is 9.99. The van der Waals surface area contributed by atoms with Gasteiger partial charge in [-0.2, -0.15) is 4.31 Å². The third kappa shape index (κ3) is 3.71. The lowest BCUT2D eigenvalue weighted by Gasteiger charge is -2.19. The fourth-order valence-electron chi connectivity index (χ4n) is 3.33. The maximum atomic E-state index is 13.2. The van der Waals surface area contributed by atoms with Gasteiger partial charge in [-0.1, -0.05) is 18.2 Å². The molecule has 1 aliphatic rings. The van der Waals surface area contributed by atoms with Crippen LogP contribution in [0.25, 0.3) is 0 Å². The Hall–Kier alpha value is -2.05. The minimum Gasteiger partial charge on any atom is -0.497 e. The van der Waals surface area contributed by atoms with Gasteiger partial charge in [0.2, 0.25) is 10.0 Å². The first-order valence-corrected chi connectivity index (χ1v) is 10.3. The first-order valence-electron chi connectivity index (χ1n) is 8.83. The van der Waals surface area contributed by atoms with Crippen LogP contribution in [0.1, 0.15) is 30.4 Å². The molecule has 0 aliphatic carbocycles. The van der Waals surface area contributed by atoms with E-state index in [2.05, 4.69) is 0 Å². The number of sulfonamides is 1. The lowest BCUT2D eigenvalue weighted by Crippen LogP contribution is -2.29. The molecule has 0 saturated carbocycles. The second-order valence-corrected chi connectivity index (χ2v) is 8.41. The van der Waals surface area contributed by atoms with Crippen LogP contribution < -0.4 is 9.47 Å². The fourth-order valence-corrected chi connectivity index (χ4v) is 5.04. The second kappa shape index (κ2) is 7.68. The van der Waals surface area contributed by atoms with Crippen molar-refractivity contribution in [1.29, 1.82) is 0 Å². The van der Waals surface area contributed by atoms with E-state index in [4.69, 9.17) is 9.47 Å². The number of rotatable bonds is 6. The summed E-state index contributed by atoms with van der Waals surface area (Å²) in [5.74, 6) is 1.42. The van der Waals surface area contributed by atoms with E-state index in [0.717, 1.165) is 23.3 Å². The van der Waals surface area contributed by atoms with Gasteiger partial charge in [0.25, 0.3) is 0 Å². The molecule has 1 aliphatic heterocycles. The summed E-state index contributed by atoms with van der Waals surface area (Å²) in [6.45, 7) is 5.16. The average molecular weight is 375 g/mol. The van der Waals surface area contributed by atoms with Gasteiger partial charge in [-0.3, -0.25) is 0 Å². The van der Waals surface area contributed by atoms with Gasteiger partial charge in [-0.25, -0.2) is 8.42 Å². The lowest BCUT2D eigenvalue weighted by molar-refractivity contribution is 0.329. The van der Waals surface area contributed by atoms with Crippen molar-refractivity contribution in [1.82, 2.24) is 4.31 Å². The Bertz CT molecular complexity index is 862. The number of nitrogens with zero attached hydrogens (tertiary/aromatic N) is 1. The molecule has 6 heteroatoms. The van der Waals surface area contributed by atoms with Gasteiger partial charge >= 0.3 is 0 Å². The van der Waals surface area contributed by atoms with Crippen LogP contribution >= 0.6 is 0 Å². The first kappa shape index (κ1) is 18.7. The van der Waals surface area contributed by atoms with Crippen LogP contribution in [0, 0.1) is 6.92 Å². The Morgan fingerprint density at radius 2 is 1.88 bits per heavy atom. The number of methoxy groups -OCH3 is 1. The van der Waals surface area contributed by atoms with E-state index in [1.165, 1.54) is 0 Å². The molecule has 0 radical (unpaired) electrons. The van der Waals surface area contributed by atoms with Crippen molar-refractivity contribution in [3.63, 3.8) is 0 Å². The molecule has 2 aromatic rings. The van der Waals surface area contributed by atoms with E-state index in [1.54, 1.807) is 23.5 Å². The van der Waals surface area contributed by atoms with Crippen molar-refractivity contribution >= 4 is 10.0 Å².